The maximum atomic E-state index is 12.7. The minimum atomic E-state index is -0.644. The van der Waals surface area contributed by atoms with Crippen LogP contribution < -0.4 is 14.8 Å². The Balaban J connectivity index is 1.74. The van der Waals surface area contributed by atoms with Gasteiger partial charge in [-0.2, -0.15) is 0 Å². The molecule has 0 saturated heterocycles. The molecule has 0 aromatic heterocycles. The fourth-order valence-corrected chi connectivity index (χ4v) is 3.87. The number of hydrogen-bond donors (Lipinski definition) is 1. The molecule has 36 heavy (non-hydrogen) atoms. The van der Waals surface area contributed by atoms with Gasteiger partial charge in [-0.3, -0.25) is 4.79 Å². The molecule has 0 saturated carbocycles. The summed E-state index contributed by atoms with van der Waals surface area (Å²) in [5.74, 6) is -1.14. The highest BCUT2D eigenvalue weighted by Crippen LogP contribution is 2.36. The van der Waals surface area contributed by atoms with Crippen LogP contribution in [-0.4, -0.2) is 43.8 Å². The lowest BCUT2D eigenvalue weighted by atomic mass is 10.1. The van der Waals surface area contributed by atoms with Crippen LogP contribution in [0.15, 0.2) is 48.5 Å². The maximum Gasteiger partial charge on any atom is 0.344 e. The first-order valence-corrected chi connectivity index (χ1v) is 11.6. The van der Waals surface area contributed by atoms with E-state index in [4.69, 9.17) is 42.1 Å². The largest absolute Gasteiger partial charge is 0.483 e. The van der Waals surface area contributed by atoms with Crippen LogP contribution in [0.25, 0.3) is 10.8 Å². The SMILES string of the molecule is COC(=O)c1cc(OCC(=O)Nc2ccccc2OCC(=O)OC(C)(C)C)c2c(Cl)cc(Cl)cc2c1. The summed E-state index contributed by atoms with van der Waals surface area (Å²) in [7, 11) is 1.26. The highest BCUT2D eigenvalue weighted by molar-refractivity contribution is 6.39. The first-order valence-electron chi connectivity index (χ1n) is 10.8. The van der Waals surface area contributed by atoms with E-state index < -0.39 is 30.1 Å². The number of carbonyl (C=O) groups excluding carboxylic acids is 3. The first-order chi connectivity index (χ1) is 17.0. The second-order valence-corrected chi connectivity index (χ2v) is 9.50. The second kappa shape index (κ2) is 11.5. The number of nitrogens with one attached hydrogen (secondary N) is 1. The number of hydrogen-bond acceptors (Lipinski definition) is 7. The van der Waals surface area contributed by atoms with Crippen LogP contribution in [-0.2, 0) is 19.1 Å². The summed E-state index contributed by atoms with van der Waals surface area (Å²) >= 11 is 12.5. The summed E-state index contributed by atoms with van der Waals surface area (Å²) in [5.41, 5.74) is -0.0954. The predicted octanol–water partition coefficient (Wildman–Crippen LogP) is 5.67. The zero-order valence-corrected chi connectivity index (χ0v) is 21.7. The van der Waals surface area contributed by atoms with Crippen molar-refractivity contribution in [1.82, 2.24) is 0 Å². The molecule has 190 valence electrons. The van der Waals surface area contributed by atoms with Gasteiger partial charge in [-0.25, -0.2) is 9.59 Å². The van der Waals surface area contributed by atoms with Gasteiger partial charge in [0.2, 0.25) is 0 Å². The summed E-state index contributed by atoms with van der Waals surface area (Å²) in [6.07, 6.45) is 0. The normalized spacial score (nSPS) is 11.1. The number of para-hydroxylation sites is 2. The van der Waals surface area contributed by atoms with Crippen molar-refractivity contribution in [2.75, 3.05) is 25.6 Å². The number of halogens is 2. The average molecular weight is 534 g/mol. The minimum Gasteiger partial charge on any atom is -0.483 e. The molecule has 3 rings (SSSR count). The van der Waals surface area contributed by atoms with Crippen molar-refractivity contribution in [1.29, 1.82) is 0 Å². The Hall–Kier alpha value is -3.49. The molecule has 0 radical (unpaired) electrons. The first kappa shape index (κ1) is 27.1. The van der Waals surface area contributed by atoms with Gasteiger partial charge in [0.1, 0.15) is 17.1 Å². The third-order valence-corrected chi connectivity index (χ3v) is 5.15. The van der Waals surface area contributed by atoms with E-state index in [0.29, 0.717) is 26.5 Å². The number of ether oxygens (including phenoxy) is 4. The number of amides is 1. The fraction of sp³-hybridized carbons (Fsp3) is 0.269. The van der Waals surface area contributed by atoms with Crippen molar-refractivity contribution in [3.8, 4) is 11.5 Å². The quantitative estimate of drug-likeness (QED) is 0.372. The van der Waals surface area contributed by atoms with Crippen molar-refractivity contribution in [2.45, 2.75) is 26.4 Å². The Labute approximate surface area is 218 Å². The van der Waals surface area contributed by atoms with Crippen LogP contribution in [0.4, 0.5) is 5.69 Å². The molecule has 0 heterocycles. The summed E-state index contributed by atoms with van der Waals surface area (Å²) in [4.78, 5) is 36.8. The number of esters is 2. The van der Waals surface area contributed by atoms with Crippen LogP contribution in [0.1, 0.15) is 31.1 Å². The lowest BCUT2D eigenvalue weighted by Crippen LogP contribution is -2.27. The van der Waals surface area contributed by atoms with Crippen LogP contribution in [0.2, 0.25) is 10.0 Å². The van der Waals surface area contributed by atoms with E-state index in [0.717, 1.165) is 0 Å². The second-order valence-electron chi connectivity index (χ2n) is 8.66. The molecule has 0 aliphatic carbocycles. The molecule has 0 spiro atoms. The summed E-state index contributed by atoms with van der Waals surface area (Å²) in [6, 6.07) is 12.8. The topological polar surface area (TPSA) is 100 Å². The lowest BCUT2D eigenvalue weighted by Gasteiger charge is -2.20. The molecule has 10 heteroatoms. The van der Waals surface area contributed by atoms with Crippen molar-refractivity contribution in [3.05, 3.63) is 64.1 Å². The Kier molecular flexibility index (Phi) is 8.66. The van der Waals surface area contributed by atoms with Gasteiger partial charge in [0, 0.05) is 10.4 Å². The van der Waals surface area contributed by atoms with E-state index >= 15 is 0 Å². The maximum absolute atomic E-state index is 12.7. The van der Waals surface area contributed by atoms with Crippen molar-refractivity contribution in [2.24, 2.45) is 0 Å². The average Bonchev–Trinajstić information content (AvgIpc) is 2.79. The van der Waals surface area contributed by atoms with Gasteiger partial charge in [-0.05, 0) is 62.6 Å². The molecule has 3 aromatic carbocycles. The molecule has 3 aromatic rings. The van der Waals surface area contributed by atoms with Crippen LogP contribution >= 0.6 is 23.2 Å². The standard InChI is InChI=1S/C26H25Cl2NO7/c1-26(2,3)36-23(31)14-35-20-8-6-5-7-19(20)29-22(30)13-34-21-11-16(25(32)33-4)9-15-10-17(27)12-18(28)24(15)21/h5-12H,13-14H2,1-4H3,(H,29,30). The summed E-state index contributed by atoms with van der Waals surface area (Å²) in [6.45, 7) is 4.54. The molecule has 0 atom stereocenters. The number of carbonyl (C=O) groups is 3. The molecule has 0 fully saturated rings. The van der Waals surface area contributed by atoms with Crippen molar-refractivity contribution >= 4 is 57.5 Å². The zero-order chi connectivity index (χ0) is 26.5. The molecule has 8 nitrogen and oxygen atoms in total. The molecule has 0 aliphatic heterocycles. The third kappa shape index (κ3) is 7.26. The van der Waals surface area contributed by atoms with Crippen LogP contribution in [0.3, 0.4) is 0 Å². The monoisotopic (exact) mass is 533 g/mol. The van der Waals surface area contributed by atoms with Gasteiger partial charge in [0.05, 0.1) is 23.4 Å². The fourth-order valence-electron chi connectivity index (χ4n) is 3.27. The van der Waals surface area contributed by atoms with Gasteiger partial charge in [0.15, 0.2) is 13.2 Å². The molecule has 0 aliphatic rings. The van der Waals surface area contributed by atoms with Gasteiger partial charge in [-0.15, -0.1) is 0 Å². The van der Waals surface area contributed by atoms with Crippen LogP contribution in [0, 0.1) is 0 Å². The molecule has 1 N–H and O–H groups in total. The van der Waals surface area contributed by atoms with E-state index in [2.05, 4.69) is 5.32 Å². The number of fused-ring (bicyclic) bond motifs is 1. The van der Waals surface area contributed by atoms with E-state index in [1.54, 1.807) is 57.2 Å². The molecular formula is C26H25Cl2NO7. The highest BCUT2D eigenvalue weighted by Gasteiger charge is 2.18. The van der Waals surface area contributed by atoms with E-state index in [9.17, 15) is 14.4 Å². The molecule has 0 unspecified atom stereocenters. The Bertz CT molecular complexity index is 1300. The van der Waals surface area contributed by atoms with Gasteiger partial charge in [0.25, 0.3) is 5.91 Å². The van der Waals surface area contributed by atoms with Crippen molar-refractivity contribution < 1.29 is 33.3 Å². The Morgan fingerprint density at radius 1 is 0.917 bits per heavy atom. The number of benzene rings is 3. The third-order valence-electron chi connectivity index (χ3n) is 4.64. The van der Waals surface area contributed by atoms with E-state index in [-0.39, 0.29) is 23.7 Å². The summed E-state index contributed by atoms with van der Waals surface area (Å²) in [5, 5.41) is 4.40. The molecular weight excluding hydrogens is 509 g/mol. The lowest BCUT2D eigenvalue weighted by molar-refractivity contribution is -0.157. The minimum absolute atomic E-state index is 0.208. The van der Waals surface area contributed by atoms with Crippen molar-refractivity contribution in [3.63, 3.8) is 0 Å². The number of anilines is 1. The highest BCUT2D eigenvalue weighted by atomic mass is 35.5. The number of methoxy groups -OCH3 is 1. The van der Waals surface area contributed by atoms with Gasteiger partial charge < -0.3 is 24.3 Å². The Morgan fingerprint density at radius 2 is 1.61 bits per heavy atom. The smallest absolute Gasteiger partial charge is 0.344 e. The van der Waals surface area contributed by atoms with E-state index in [1.807, 2.05) is 0 Å². The zero-order valence-electron chi connectivity index (χ0n) is 20.1. The van der Waals surface area contributed by atoms with Gasteiger partial charge in [-0.1, -0.05) is 35.3 Å². The summed E-state index contributed by atoms with van der Waals surface area (Å²) < 4.78 is 21.3. The van der Waals surface area contributed by atoms with Crippen LogP contribution in [0.5, 0.6) is 11.5 Å². The molecule has 1 amide bonds. The number of rotatable bonds is 8. The molecule has 0 bridgehead atoms. The predicted molar refractivity (Wildman–Crippen MR) is 137 cm³/mol. The van der Waals surface area contributed by atoms with Gasteiger partial charge >= 0.3 is 11.9 Å². The Morgan fingerprint density at radius 3 is 2.31 bits per heavy atom. The van der Waals surface area contributed by atoms with E-state index in [1.165, 1.54) is 19.2 Å².